The van der Waals surface area contributed by atoms with Crippen molar-refractivity contribution in [2.45, 2.75) is 32.4 Å². The monoisotopic (exact) mass is 211 g/mol. The van der Waals surface area contributed by atoms with Gasteiger partial charge in [0.2, 0.25) is 0 Å². The van der Waals surface area contributed by atoms with Crippen LogP contribution in [0.2, 0.25) is 0 Å². The molecule has 2 aliphatic rings. The molecule has 86 valence electrons. The van der Waals surface area contributed by atoms with Gasteiger partial charge in [-0.05, 0) is 39.8 Å². The minimum absolute atomic E-state index is 0.115. The number of carbonyl (C=O) groups excluding carboxylic acids is 1. The van der Waals surface area contributed by atoms with Crippen LogP contribution in [0.25, 0.3) is 0 Å². The zero-order valence-electron chi connectivity index (χ0n) is 9.86. The van der Waals surface area contributed by atoms with Crippen molar-refractivity contribution in [2.75, 3.05) is 26.7 Å². The Balaban J connectivity index is 1.94. The van der Waals surface area contributed by atoms with E-state index in [1.807, 2.05) is 4.90 Å². The summed E-state index contributed by atoms with van der Waals surface area (Å²) in [4.78, 5) is 15.9. The van der Waals surface area contributed by atoms with Crippen LogP contribution in [0, 0.1) is 5.92 Å². The van der Waals surface area contributed by atoms with Crippen molar-refractivity contribution < 1.29 is 4.79 Å². The molecule has 4 nitrogen and oxygen atoms in total. The van der Waals surface area contributed by atoms with Crippen molar-refractivity contribution in [3.8, 4) is 0 Å². The number of carbonyl (C=O) groups is 1. The van der Waals surface area contributed by atoms with Crippen molar-refractivity contribution in [3.63, 3.8) is 0 Å². The van der Waals surface area contributed by atoms with Crippen molar-refractivity contribution in [1.29, 1.82) is 0 Å². The number of nitrogens with zero attached hydrogens (tertiary/aromatic N) is 2. The Kier molecular flexibility index (Phi) is 2.87. The quantitative estimate of drug-likeness (QED) is 0.731. The van der Waals surface area contributed by atoms with Gasteiger partial charge in [-0.3, -0.25) is 0 Å². The standard InChI is InChI=1S/C11H21N3O/c1-8(2)14-7-10(12-11(14)15)9-4-5-13(3)6-9/h8-10H,4-7H2,1-3H3,(H,12,15). The van der Waals surface area contributed by atoms with Gasteiger partial charge in [0.25, 0.3) is 0 Å². The first-order valence-corrected chi connectivity index (χ1v) is 5.83. The molecule has 2 aliphatic heterocycles. The molecule has 1 N–H and O–H groups in total. The lowest BCUT2D eigenvalue weighted by atomic mass is 9.99. The van der Waals surface area contributed by atoms with E-state index in [4.69, 9.17) is 0 Å². The Morgan fingerprint density at radius 3 is 2.60 bits per heavy atom. The van der Waals surface area contributed by atoms with Crippen molar-refractivity contribution in [1.82, 2.24) is 15.1 Å². The highest BCUT2D eigenvalue weighted by Gasteiger charge is 2.37. The molecular weight excluding hydrogens is 190 g/mol. The van der Waals surface area contributed by atoms with Gasteiger partial charge in [-0.15, -0.1) is 0 Å². The Morgan fingerprint density at radius 2 is 2.13 bits per heavy atom. The summed E-state index contributed by atoms with van der Waals surface area (Å²) in [5.74, 6) is 0.641. The topological polar surface area (TPSA) is 35.6 Å². The summed E-state index contributed by atoms with van der Waals surface area (Å²) in [5.41, 5.74) is 0. The van der Waals surface area contributed by atoms with E-state index in [0.717, 1.165) is 13.1 Å². The summed E-state index contributed by atoms with van der Waals surface area (Å²) >= 11 is 0. The van der Waals surface area contributed by atoms with Crippen LogP contribution in [0.3, 0.4) is 0 Å². The van der Waals surface area contributed by atoms with Crippen LogP contribution < -0.4 is 5.32 Å². The second-order valence-electron chi connectivity index (χ2n) is 5.11. The van der Waals surface area contributed by atoms with Crippen LogP contribution >= 0.6 is 0 Å². The third kappa shape index (κ3) is 2.09. The van der Waals surface area contributed by atoms with E-state index < -0.39 is 0 Å². The molecule has 2 atom stereocenters. The molecule has 2 amide bonds. The molecule has 0 aromatic heterocycles. The minimum Gasteiger partial charge on any atom is -0.333 e. The first kappa shape index (κ1) is 10.7. The number of nitrogens with one attached hydrogen (secondary N) is 1. The third-order valence-corrected chi connectivity index (χ3v) is 3.58. The predicted molar refractivity (Wildman–Crippen MR) is 59.8 cm³/mol. The highest BCUT2D eigenvalue weighted by Crippen LogP contribution is 2.22. The fourth-order valence-electron chi connectivity index (χ4n) is 2.59. The van der Waals surface area contributed by atoms with Gasteiger partial charge in [0.1, 0.15) is 0 Å². The smallest absolute Gasteiger partial charge is 0.317 e. The van der Waals surface area contributed by atoms with E-state index in [1.54, 1.807) is 0 Å². The van der Waals surface area contributed by atoms with Crippen LogP contribution in [0.5, 0.6) is 0 Å². The Morgan fingerprint density at radius 1 is 1.40 bits per heavy atom. The van der Waals surface area contributed by atoms with Gasteiger partial charge in [0.05, 0.1) is 6.04 Å². The zero-order chi connectivity index (χ0) is 11.0. The van der Waals surface area contributed by atoms with Crippen molar-refractivity contribution >= 4 is 6.03 Å². The maximum atomic E-state index is 11.7. The third-order valence-electron chi connectivity index (χ3n) is 3.58. The predicted octanol–water partition coefficient (Wildman–Crippen LogP) is 0.740. The molecule has 15 heavy (non-hydrogen) atoms. The number of hydrogen-bond acceptors (Lipinski definition) is 2. The fraction of sp³-hybridized carbons (Fsp3) is 0.909. The van der Waals surface area contributed by atoms with E-state index >= 15 is 0 Å². The molecule has 4 heteroatoms. The summed E-state index contributed by atoms with van der Waals surface area (Å²) in [6.07, 6.45) is 1.22. The van der Waals surface area contributed by atoms with Gasteiger partial charge in [0.15, 0.2) is 0 Å². The molecule has 0 radical (unpaired) electrons. The Bertz CT molecular complexity index is 254. The summed E-state index contributed by atoms with van der Waals surface area (Å²) in [5, 5.41) is 3.11. The highest BCUT2D eigenvalue weighted by atomic mass is 16.2. The average Bonchev–Trinajstić information content (AvgIpc) is 2.71. The van der Waals surface area contributed by atoms with Gasteiger partial charge >= 0.3 is 6.03 Å². The van der Waals surface area contributed by atoms with E-state index in [9.17, 15) is 4.79 Å². The number of likely N-dealkylation sites (tertiary alicyclic amines) is 1. The molecule has 0 spiro atoms. The highest BCUT2D eigenvalue weighted by molar-refractivity contribution is 5.77. The molecule has 2 heterocycles. The lowest BCUT2D eigenvalue weighted by Crippen LogP contribution is -2.35. The van der Waals surface area contributed by atoms with Gasteiger partial charge in [-0.1, -0.05) is 0 Å². The molecule has 0 bridgehead atoms. The SMILES string of the molecule is CC(C)N1CC(C2CCN(C)C2)NC1=O. The Hall–Kier alpha value is -0.770. The van der Waals surface area contributed by atoms with Gasteiger partial charge in [-0.25, -0.2) is 4.79 Å². The fourth-order valence-corrected chi connectivity index (χ4v) is 2.59. The van der Waals surface area contributed by atoms with E-state index in [-0.39, 0.29) is 6.03 Å². The first-order valence-electron chi connectivity index (χ1n) is 5.83. The summed E-state index contributed by atoms with van der Waals surface area (Å²) in [6.45, 7) is 7.32. The summed E-state index contributed by atoms with van der Waals surface area (Å²) in [6, 6.07) is 0.795. The molecule has 2 saturated heterocycles. The number of urea groups is 1. The maximum Gasteiger partial charge on any atom is 0.317 e. The summed E-state index contributed by atoms with van der Waals surface area (Å²) < 4.78 is 0. The largest absolute Gasteiger partial charge is 0.333 e. The van der Waals surface area contributed by atoms with Gasteiger partial charge in [0, 0.05) is 19.1 Å². The zero-order valence-corrected chi connectivity index (χ0v) is 9.86. The molecule has 2 fully saturated rings. The van der Waals surface area contributed by atoms with Crippen LogP contribution in [-0.2, 0) is 0 Å². The Labute approximate surface area is 91.6 Å². The number of rotatable bonds is 2. The van der Waals surface area contributed by atoms with Crippen molar-refractivity contribution in [3.05, 3.63) is 0 Å². The molecule has 2 rings (SSSR count). The normalized spacial score (nSPS) is 32.8. The molecule has 2 unspecified atom stereocenters. The van der Waals surface area contributed by atoms with Crippen LogP contribution in [0.15, 0.2) is 0 Å². The van der Waals surface area contributed by atoms with E-state index in [1.165, 1.54) is 13.0 Å². The van der Waals surface area contributed by atoms with Crippen LogP contribution in [0.4, 0.5) is 4.79 Å². The second-order valence-corrected chi connectivity index (χ2v) is 5.11. The number of amides is 2. The minimum atomic E-state index is 0.115. The molecule has 0 aromatic rings. The van der Waals surface area contributed by atoms with Crippen molar-refractivity contribution in [2.24, 2.45) is 5.92 Å². The summed E-state index contributed by atoms with van der Waals surface area (Å²) in [7, 11) is 2.15. The first-order chi connectivity index (χ1) is 7.08. The average molecular weight is 211 g/mol. The molecule has 0 aromatic carbocycles. The molecule has 0 aliphatic carbocycles. The lowest BCUT2D eigenvalue weighted by molar-refractivity contribution is 0.205. The lowest BCUT2D eigenvalue weighted by Gasteiger charge is -2.20. The van der Waals surface area contributed by atoms with E-state index in [2.05, 4.69) is 31.1 Å². The maximum absolute atomic E-state index is 11.7. The van der Waals surface area contributed by atoms with Crippen LogP contribution in [-0.4, -0.2) is 54.6 Å². The van der Waals surface area contributed by atoms with E-state index in [0.29, 0.717) is 18.0 Å². The second kappa shape index (κ2) is 4.00. The van der Waals surface area contributed by atoms with Gasteiger partial charge < -0.3 is 15.1 Å². The molecule has 0 saturated carbocycles. The molecular formula is C11H21N3O. The van der Waals surface area contributed by atoms with Crippen LogP contribution in [0.1, 0.15) is 20.3 Å². The van der Waals surface area contributed by atoms with Gasteiger partial charge in [-0.2, -0.15) is 0 Å². The number of hydrogen-bond donors (Lipinski definition) is 1.